The van der Waals surface area contributed by atoms with Gasteiger partial charge in [0.15, 0.2) is 17.6 Å². The van der Waals surface area contributed by atoms with Crippen molar-refractivity contribution in [1.82, 2.24) is 4.90 Å². The maximum Gasteiger partial charge on any atom is 0.163 e. The Bertz CT molecular complexity index is 695. The quantitative estimate of drug-likeness (QED) is 0.560. The second-order valence-corrected chi connectivity index (χ2v) is 7.81. The van der Waals surface area contributed by atoms with Crippen molar-refractivity contribution < 1.29 is 14.2 Å². The molecule has 4 nitrogen and oxygen atoms in total. The van der Waals surface area contributed by atoms with E-state index >= 15 is 0 Å². The van der Waals surface area contributed by atoms with E-state index in [4.69, 9.17) is 14.2 Å². The molecule has 2 aromatic carbocycles. The molecule has 5 heteroatoms. The molecule has 0 aromatic heterocycles. The molecule has 0 saturated carbocycles. The summed E-state index contributed by atoms with van der Waals surface area (Å²) in [6.07, 6.45) is 0.763. The number of hydrogen-bond acceptors (Lipinski definition) is 4. The van der Waals surface area contributed by atoms with Gasteiger partial charge in [-0.25, -0.2) is 0 Å². The van der Waals surface area contributed by atoms with Crippen LogP contribution in [-0.2, 0) is 4.74 Å². The van der Waals surface area contributed by atoms with Gasteiger partial charge in [-0.05, 0) is 59.8 Å². The van der Waals surface area contributed by atoms with Crippen LogP contribution in [0.15, 0.2) is 48.5 Å². The van der Waals surface area contributed by atoms with Gasteiger partial charge in [-0.2, -0.15) is 0 Å². The van der Waals surface area contributed by atoms with Crippen LogP contribution in [0.5, 0.6) is 11.5 Å². The molecule has 1 saturated heterocycles. The van der Waals surface area contributed by atoms with Crippen LogP contribution in [0.3, 0.4) is 0 Å². The van der Waals surface area contributed by atoms with Gasteiger partial charge >= 0.3 is 0 Å². The Morgan fingerprint density at radius 1 is 1.19 bits per heavy atom. The summed E-state index contributed by atoms with van der Waals surface area (Å²) in [5, 5.41) is 0. The number of morpholine rings is 1. The first kappa shape index (κ1) is 19.5. The third-order valence-electron chi connectivity index (χ3n) is 4.38. The molecule has 2 aromatic rings. The van der Waals surface area contributed by atoms with Crippen LogP contribution >= 0.6 is 22.6 Å². The number of likely N-dealkylation sites (N-methyl/N-ethyl adjacent to an activating group) is 1. The van der Waals surface area contributed by atoms with E-state index in [1.807, 2.05) is 36.4 Å². The lowest BCUT2D eigenvalue weighted by molar-refractivity contribution is -0.0764. The molecule has 0 aliphatic carbocycles. The lowest BCUT2D eigenvalue weighted by atomic mass is 10.0. The standard InChI is InChI=1S/C21H26INO3/c1-3-12-24-18-10-9-17(22)14-19(18)26-21(16-7-5-4-6-8-16)20-15-23(2)11-13-25-20/h4-10,14,20-21H,3,11-13,15H2,1-2H3/t20?,21-/m0/s1. The van der Waals surface area contributed by atoms with E-state index in [0.717, 1.165) is 46.7 Å². The predicted octanol–water partition coefficient (Wildman–Crippen LogP) is 4.53. The highest BCUT2D eigenvalue weighted by Gasteiger charge is 2.30. The molecule has 1 heterocycles. The highest BCUT2D eigenvalue weighted by Crippen LogP contribution is 2.35. The third kappa shape index (κ3) is 5.11. The van der Waals surface area contributed by atoms with E-state index in [1.165, 1.54) is 0 Å². The molecule has 0 amide bonds. The zero-order valence-corrected chi connectivity index (χ0v) is 17.5. The predicted molar refractivity (Wildman–Crippen MR) is 112 cm³/mol. The van der Waals surface area contributed by atoms with Crippen LogP contribution in [-0.4, -0.2) is 44.4 Å². The van der Waals surface area contributed by atoms with Crippen LogP contribution in [0.4, 0.5) is 0 Å². The van der Waals surface area contributed by atoms with E-state index in [9.17, 15) is 0 Å². The van der Waals surface area contributed by atoms with Crippen LogP contribution in [0.1, 0.15) is 25.0 Å². The Morgan fingerprint density at radius 3 is 2.73 bits per heavy atom. The average molecular weight is 467 g/mol. The highest BCUT2D eigenvalue weighted by molar-refractivity contribution is 14.1. The van der Waals surface area contributed by atoms with Crippen molar-refractivity contribution in [3.05, 3.63) is 57.7 Å². The van der Waals surface area contributed by atoms with E-state index in [1.54, 1.807) is 0 Å². The van der Waals surface area contributed by atoms with Crippen molar-refractivity contribution in [2.24, 2.45) is 0 Å². The summed E-state index contributed by atoms with van der Waals surface area (Å²) >= 11 is 2.30. The summed E-state index contributed by atoms with van der Waals surface area (Å²) in [6.45, 7) is 5.29. The Morgan fingerprint density at radius 2 is 2.00 bits per heavy atom. The van der Waals surface area contributed by atoms with Gasteiger partial charge in [-0.3, -0.25) is 0 Å². The summed E-state index contributed by atoms with van der Waals surface area (Å²) in [5.74, 6) is 1.56. The topological polar surface area (TPSA) is 30.9 Å². The first-order chi connectivity index (χ1) is 12.7. The number of hydrogen-bond donors (Lipinski definition) is 0. The molecular weight excluding hydrogens is 441 g/mol. The molecule has 0 N–H and O–H groups in total. The van der Waals surface area contributed by atoms with E-state index in [-0.39, 0.29) is 12.2 Å². The molecule has 0 spiro atoms. The van der Waals surface area contributed by atoms with Gasteiger partial charge in [0.1, 0.15) is 6.10 Å². The van der Waals surface area contributed by atoms with Gasteiger partial charge in [-0.1, -0.05) is 37.3 Å². The Labute approximate surface area is 169 Å². The largest absolute Gasteiger partial charge is 0.490 e. The lowest BCUT2D eigenvalue weighted by Crippen LogP contribution is -2.44. The second kappa shape index (κ2) is 9.58. The summed E-state index contributed by atoms with van der Waals surface area (Å²) in [4.78, 5) is 2.29. The van der Waals surface area contributed by atoms with Crippen LogP contribution < -0.4 is 9.47 Å². The average Bonchev–Trinajstić information content (AvgIpc) is 2.66. The van der Waals surface area contributed by atoms with Crippen molar-refractivity contribution in [1.29, 1.82) is 0 Å². The number of benzene rings is 2. The molecule has 1 aliphatic rings. The molecule has 0 radical (unpaired) electrons. The minimum Gasteiger partial charge on any atom is -0.490 e. The van der Waals surface area contributed by atoms with E-state index in [0.29, 0.717) is 6.61 Å². The maximum absolute atomic E-state index is 6.52. The molecule has 1 unspecified atom stereocenters. The van der Waals surface area contributed by atoms with Gasteiger partial charge in [0.2, 0.25) is 0 Å². The van der Waals surface area contributed by atoms with Gasteiger partial charge in [-0.15, -0.1) is 0 Å². The Hall–Kier alpha value is -1.31. The minimum atomic E-state index is -0.180. The van der Waals surface area contributed by atoms with Crippen molar-refractivity contribution in [3.63, 3.8) is 0 Å². The van der Waals surface area contributed by atoms with Crippen LogP contribution in [0.2, 0.25) is 0 Å². The summed E-state index contributed by atoms with van der Waals surface area (Å²) in [7, 11) is 2.12. The Balaban J connectivity index is 1.89. The molecule has 0 bridgehead atoms. The van der Waals surface area contributed by atoms with Crippen molar-refractivity contribution >= 4 is 22.6 Å². The summed E-state index contributed by atoms with van der Waals surface area (Å²) in [6, 6.07) is 16.4. The molecular formula is C21H26INO3. The molecule has 3 rings (SSSR count). The van der Waals surface area contributed by atoms with Gasteiger partial charge in [0.05, 0.1) is 13.2 Å². The Kier molecular flexibility index (Phi) is 7.16. The lowest BCUT2D eigenvalue weighted by Gasteiger charge is -2.35. The maximum atomic E-state index is 6.52. The zero-order valence-electron chi connectivity index (χ0n) is 15.4. The number of halogens is 1. The van der Waals surface area contributed by atoms with Crippen molar-refractivity contribution in [2.75, 3.05) is 33.4 Å². The first-order valence-electron chi connectivity index (χ1n) is 9.11. The van der Waals surface area contributed by atoms with Gasteiger partial charge in [0.25, 0.3) is 0 Å². The number of nitrogens with zero attached hydrogens (tertiary/aromatic N) is 1. The van der Waals surface area contributed by atoms with Crippen molar-refractivity contribution in [3.8, 4) is 11.5 Å². The van der Waals surface area contributed by atoms with Crippen LogP contribution in [0.25, 0.3) is 0 Å². The normalized spacial score (nSPS) is 19.1. The fraction of sp³-hybridized carbons (Fsp3) is 0.429. The van der Waals surface area contributed by atoms with Crippen molar-refractivity contribution in [2.45, 2.75) is 25.6 Å². The zero-order chi connectivity index (χ0) is 18.4. The third-order valence-corrected chi connectivity index (χ3v) is 5.05. The molecule has 1 fully saturated rings. The first-order valence-corrected chi connectivity index (χ1v) is 10.2. The molecule has 26 heavy (non-hydrogen) atoms. The highest BCUT2D eigenvalue weighted by atomic mass is 127. The van der Waals surface area contributed by atoms with Gasteiger partial charge in [0, 0.05) is 16.7 Å². The number of ether oxygens (including phenoxy) is 3. The molecule has 140 valence electrons. The minimum absolute atomic E-state index is 0.0203. The summed E-state index contributed by atoms with van der Waals surface area (Å²) < 4.78 is 19.6. The fourth-order valence-corrected chi connectivity index (χ4v) is 3.50. The smallest absolute Gasteiger partial charge is 0.163 e. The summed E-state index contributed by atoms with van der Waals surface area (Å²) in [5.41, 5.74) is 1.12. The molecule has 2 atom stereocenters. The van der Waals surface area contributed by atoms with E-state index in [2.05, 4.69) is 53.6 Å². The monoisotopic (exact) mass is 467 g/mol. The van der Waals surface area contributed by atoms with E-state index < -0.39 is 0 Å². The SMILES string of the molecule is CCCOc1ccc(I)cc1O[C@@H](c1ccccc1)C1CN(C)CCO1. The second-order valence-electron chi connectivity index (χ2n) is 6.56. The van der Waals surface area contributed by atoms with Gasteiger partial charge < -0.3 is 19.1 Å². The molecule has 1 aliphatic heterocycles. The number of rotatable bonds is 7. The fourth-order valence-electron chi connectivity index (χ4n) is 3.04. The van der Waals surface area contributed by atoms with Crippen LogP contribution in [0, 0.1) is 3.57 Å².